The van der Waals surface area contributed by atoms with Crippen LogP contribution < -0.4 is 0 Å². The molecule has 3 heterocycles. The van der Waals surface area contributed by atoms with Crippen LogP contribution in [-0.2, 0) is 38.0 Å². The average molecular weight is 414 g/mol. The van der Waals surface area contributed by atoms with Gasteiger partial charge in [-0.1, -0.05) is 17.7 Å². The van der Waals surface area contributed by atoms with E-state index in [-0.39, 0.29) is 18.1 Å². The van der Waals surface area contributed by atoms with Crippen molar-refractivity contribution < 1.29 is 36.3 Å². The molecule has 3 saturated heterocycles. The highest BCUT2D eigenvalue weighted by Gasteiger charge is 2.67. The van der Waals surface area contributed by atoms with Crippen LogP contribution in [0.4, 0.5) is 0 Å². The van der Waals surface area contributed by atoms with Crippen LogP contribution in [-0.4, -0.2) is 57.3 Å². The van der Waals surface area contributed by atoms with E-state index in [1.54, 1.807) is 26.0 Å². The van der Waals surface area contributed by atoms with Crippen LogP contribution in [0.2, 0.25) is 0 Å². The van der Waals surface area contributed by atoms with E-state index >= 15 is 0 Å². The molecule has 0 spiro atoms. The van der Waals surface area contributed by atoms with Crippen molar-refractivity contribution in [2.24, 2.45) is 0 Å². The lowest BCUT2D eigenvalue weighted by Crippen LogP contribution is -2.51. The van der Waals surface area contributed by atoms with Gasteiger partial charge in [-0.25, -0.2) is 0 Å². The summed E-state index contributed by atoms with van der Waals surface area (Å²) >= 11 is 0. The van der Waals surface area contributed by atoms with Crippen molar-refractivity contribution >= 4 is 10.1 Å². The predicted molar refractivity (Wildman–Crippen MR) is 96.9 cm³/mol. The first-order chi connectivity index (χ1) is 12.9. The maximum atomic E-state index is 12.6. The molecule has 0 amide bonds. The Labute approximate surface area is 165 Å². The Kier molecular flexibility index (Phi) is 4.67. The summed E-state index contributed by atoms with van der Waals surface area (Å²) in [5.74, 6) is -3.18. The van der Waals surface area contributed by atoms with E-state index in [4.69, 9.17) is 27.9 Å². The Balaban J connectivity index is 1.57. The molecular weight excluding hydrogens is 388 g/mol. The summed E-state index contributed by atoms with van der Waals surface area (Å²) in [5.41, 5.74) is 0.954. The second-order valence-corrected chi connectivity index (χ2v) is 9.95. The van der Waals surface area contributed by atoms with Crippen LogP contribution in [0.15, 0.2) is 29.2 Å². The van der Waals surface area contributed by atoms with E-state index in [1.807, 2.05) is 20.8 Å². The van der Waals surface area contributed by atoms with Crippen LogP contribution in [0.25, 0.3) is 0 Å². The molecular formula is C19H26O8S. The molecule has 2 unspecified atom stereocenters. The Bertz CT molecular complexity index is 847. The maximum absolute atomic E-state index is 12.6. The van der Waals surface area contributed by atoms with Crippen molar-refractivity contribution in [1.82, 2.24) is 0 Å². The quantitative estimate of drug-likeness (QED) is 0.692. The summed E-state index contributed by atoms with van der Waals surface area (Å²) in [4.78, 5) is 0.0698. The van der Waals surface area contributed by atoms with Gasteiger partial charge >= 0.3 is 0 Å². The van der Waals surface area contributed by atoms with Crippen LogP contribution in [0.5, 0.6) is 0 Å². The number of aryl methyl sites for hydroxylation is 1. The standard InChI is InChI=1S/C19H26O8S/c1-12-6-8-13(9-7-12)28(20,21)23-11-19-16(26-18(4,5)27-19)15-14(24-19)10-22-17(2,3)25-15/h6-9,14-16H,10-11H2,1-5H3/t14?,15?,16-,19-/m1/s1. The van der Waals surface area contributed by atoms with Crippen LogP contribution in [0.1, 0.15) is 33.3 Å². The van der Waals surface area contributed by atoms with Gasteiger partial charge in [-0.3, -0.25) is 4.18 Å². The maximum Gasteiger partial charge on any atom is 0.297 e. The third-order valence-corrected chi connectivity index (χ3v) is 6.30. The molecule has 1 aromatic carbocycles. The summed E-state index contributed by atoms with van der Waals surface area (Å²) in [6.45, 7) is 8.91. The smallest absolute Gasteiger partial charge is 0.297 e. The zero-order valence-electron chi connectivity index (χ0n) is 16.6. The highest BCUT2D eigenvalue weighted by atomic mass is 32.2. The Morgan fingerprint density at radius 1 is 1.04 bits per heavy atom. The predicted octanol–water partition coefficient (Wildman–Crippen LogP) is 2.10. The summed E-state index contributed by atoms with van der Waals surface area (Å²) in [6, 6.07) is 6.43. The summed E-state index contributed by atoms with van der Waals surface area (Å²) in [7, 11) is -3.99. The first kappa shape index (κ1) is 20.2. The minimum atomic E-state index is -3.99. The average Bonchev–Trinajstić information content (AvgIpc) is 3.00. The van der Waals surface area contributed by atoms with Crippen molar-refractivity contribution in [3.05, 3.63) is 29.8 Å². The van der Waals surface area contributed by atoms with Crippen molar-refractivity contribution in [3.63, 3.8) is 0 Å². The molecule has 0 bridgehead atoms. The second-order valence-electron chi connectivity index (χ2n) is 8.33. The Morgan fingerprint density at radius 2 is 1.71 bits per heavy atom. The molecule has 1 aromatic rings. The lowest BCUT2D eigenvalue weighted by atomic mass is 10.0. The lowest BCUT2D eigenvalue weighted by molar-refractivity contribution is -0.329. The topological polar surface area (TPSA) is 89.5 Å². The van der Waals surface area contributed by atoms with Gasteiger partial charge in [0.25, 0.3) is 10.1 Å². The van der Waals surface area contributed by atoms with Gasteiger partial charge in [0.15, 0.2) is 11.6 Å². The van der Waals surface area contributed by atoms with Crippen LogP contribution >= 0.6 is 0 Å². The van der Waals surface area contributed by atoms with Gasteiger partial charge in [0.1, 0.15) is 24.9 Å². The minimum absolute atomic E-state index is 0.0698. The fraction of sp³-hybridized carbons (Fsp3) is 0.684. The molecule has 3 fully saturated rings. The highest BCUT2D eigenvalue weighted by molar-refractivity contribution is 7.86. The van der Waals surface area contributed by atoms with Gasteiger partial charge < -0.3 is 23.7 Å². The zero-order chi connectivity index (χ0) is 20.4. The SMILES string of the molecule is Cc1ccc(S(=O)(=O)OC[C@]23OC4COC(C)(C)OC4[C@H]2OC(C)(C)O3)cc1. The van der Waals surface area contributed by atoms with Gasteiger partial charge in [-0.2, -0.15) is 8.42 Å². The van der Waals surface area contributed by atoms with Gasteiger partial charge in [0.05, 0.1) is 11.5 Å². The number of benzene rings is 1. The Morgan fingerprint density at radius 3 is 2.39 bits per heavy atom. The molecule has 156 valence electrons. The highest BCUT2D eigenvalue weighted by Crippen LogP contribution is 2.49. The molecule has 9 heteroatoms. The van der Waals surface area contributed by atoms with Gasteiger partial charge in [0, 0.05) is 0 Å². The van der Waals surface area contributed by atoms with E-state index in [2.05, 4.69) is 0 Å². The van der Waals surface area contributed by atoms with Crippen molar-refractivity contribution in [2.45, 2.75) is 75.2 Å². The molecule has 4 rings (SSSR count). The number of ether oxygens (including phenoxy) is 5. The Hall–Kier alpha value is -1.07. The number of rotatable bonds is 4. The third kappa shape index (κ3) is 3.60. The van der Waals surface area contributed by atoms with Gasteiger partial charge in [-0.05, 0) is 46.8 Å². The lowest BCUT2D eigenvalue weighted by Gasteiger charge is -2.38. The molecule has 0 N–H and O–H groups in total. The first-order valence-electron chi connectivity index (χ1n) is 9.25. The summed E-state index contributed by atoms with van der Waals surface area (Å²) in [5, 5.41) is 0. The van der Waals surface area contributed by atoms with Crippen molar-refractivity contribution in [2.75, 3.05) is 13.2 Å². The molecule has 8 nitrogen and oxygen atoms in total. The molecule has 3 aliphatic heterocycles. The fourth-order valence-corrected chi connectivity index (χ4v) is 4.73. The molecule has 0 aliphatic carbocycles. The first-order valence-corrected chi connectivity index (χ1v) is 10.7. The molecule has 0 aromatic heterocycles. The normalized spacial score (nSPS) is 36.1. The van der Waals surface area contributed by atoms with Crippen molar-refractivity contribution in [1.29, 1.82) is 0 Å². The number of hydrogen-bond donors (Lipinski definition) is 0. The third-order valence-electron chi connectivity index (χ3n) is 5.02. The van der Waals surface area contributed by atoms with Gasteiger partial charge in [0.2, 0.25) is 5.79 Å². The van der Waals surface area contributed by atoms with Crippen molar-refractivity contribution in [3.8, 4) is 0 Å². The summed E-state index contributed by atoms with van der Waals surface area (Å²) < 4.78 is 60.4. The molecule has 3 aliphatic rings. The number of fused-ring (bicyclic) bond motifs is 3. The second kappa shape index (κ2) is 6.46. The van der Waals surface area contributed by atoms with E-state index in [1.165, 1.54) is 12.1 Å². The molecule has 0 radical (unpaired) electrons. The minimum Gasteiger partial charge on any atom is -0.348 e. The van der Waals surface area contributed by atoms with Crippen LogP contribution in [0.3, 0.4) is 0 Å². The van der Waals surface area contributed by atoms with E-state index < -0.39 is 45.8 Å². The monoisotopic (exact) mass is 414 g/mol. The largest absolute Gasteiger partial charge is 0.348 e. The fourth-order valence-electron chi connectivity index (χ4n) is 3.81. The van der Waals surface area contributed by atoms with E-state index in [0.29, 0.717) is 0 Å². The van der Waals surface area contributed by atoms with Crippen LogP contribution in [0, 0.1) is 6.92 Å². The molecule has 0 saturated carbocycles. The zero-order valence-corrected chi connectivity index (χ0v) is 17.4. The molecule has 4 atom stereocenters. The van der Waals surface area contributed by atoms with E-state index in [9.17, 15) is 8.42 Å². The van der Waals surface area contributed by atoms with Gasteiger partial charge in [-0.15, -0.1) is 0 Å². The van der Waals surface area contributed by atoms with E-state index in [0.717, 1.165) is 5.56 Å². The number of hydrogen-bond acceptors (Lipinski definition) is 8. The summed E-state index contributed by atoms with van der Waals surface area (Å²) in [6.07, 6.45) is -1.56. The molecule has 28 heavy (non-hydrogen) atoms.